The minimum absolute atomic E-state index is 0.557. The zero-order valence-electron chi connectivity index (χ0n) is 25.6. The Morgan fingerprint density at radius 1 is 0.610 bits per heavy atom. The summed E-state index contributed by atoms with van der Waals surface area (Å²) in [5, 5.41) is 0. The molecule has 0 radical (unpaired) electrons. The van der Waals surface area contributed by atoms with E-state index in [1.165, 1.54) is 44.1 Å². The Balaban J connectivity index is 1.99. The second kappa shape index (κ2) is 18.6. The average molecular weight is 618 g/mol. The summed E-state index contributed by atoms with van der Waals surface area (Å²) in [6.07, 6.45) is 18.2. The molecule has 0 aliphatic carbocycles. The molecule has 0 bridgehead atoms. The van der Waals surface area contributed by atoms with Gasteiger partial charge in [-0.25, -0.2) is 0 Å². The van der Waals surface area contributed by atoms with Crippen LogP contribution in [0.2, 0.25) is 0 Å². The van der Waals surface area contributed by atoms with Gasteiger partial charge in [-0.15, -0.1) is 0 Å². The molecule has 0 saturated heterocycles. The van der Waals surface area contributed by atoms with Gasteiger partial charge in [0.1, 0.15) is 11.5 Å². The molecule has 220 valence electrons. The van der Waals surface area contributed by atoms with Crippen LogP contribution in [0.4, 0.5) is 0 Å². The van der Waals surface area contributed by atoms with Crippen LogP contribution in [0.3, 0.4) is 0 Å². The number of halogens is 1. The monoisotopic (exact) mass is 616 g/mol. The highest BCUT2D eigenvalue weighted by Gasteiger charge is 2.14. The van der Waals surface area contributed by atoms with E-state index in [9.17, 15) is 0 Å². The molecule has 0 heterocycles. The van der Waals surface area contributed by atoms with Crippen LogP contribution >= 0.6 is 15.9 Å². The highest BCUT2D eigenvalue weighted by Crippen LogP contribution is 2.34. The standard InChI is InChI=1S/C38H49BrO2/c1-5-9-14-30(7-3)28-40-37-27-35(23-19-33-20-24-36(39)25-21-33)38(41-29-31(8-4)15-10-6-2)26-34(37)22-18-32-16-12-11-13-17-32/h11-13,16-27,30-31H,5-10,14-15,28-29H2,1-4H3/b22-18+,23-19+/t30-,31-/m0/s1. The predicted octanol–water partition coefficient (Wildman–Crippen LogP) is 12.0. The molecule has 0 saturated carbocycles. The Labute approximate surface area is 258 Å². The smallest absolute Gasteiger partial charge is 0.127 e. The lowest BCUT2D eigenvalue weighted by molar-refractivity contribution is 0.227. The molecular weight excluding hydrogens is 568 g/mol. The van der Waals surface area contributed by atoms with Crippen LogP contribution in [0.15, 0.2) is 71.2 Å². The Kier molecular flexibility index (Phi) is 14.9. The van der Waals surface area contributed by atoms with E-state index in [1.54, 1.807) is 0 Å². The number of ether oxygens (including phenoxy) is 2. The van der Waals surface area contributed by atoms with E-state index in [2.05, 4.69) is 129 Å². The van der Waals surface area contributed by atoms with Gasteiger partial charge in [0.05, 0.1) is 13.2 Å². The number of rotatable bonds is 18. The second-order valence-corrected chi connectivity index (χ2v) is 11.9. The van der Waals surface area contributed by atoms with Crippen LogP contribution in [0.1, 0.15) is 101 Å². The SMILES string of the molecule is CCCC[C@H](CC)COc1cc(/C=C/c2ccc(Br)cc2)c(OC[C@@H](CC)CCCC)cc1/C=C/c1ccccc1. The molecule has 2 nitrogen and oxygen atoms in total. The highest BCUT2D eigenvalue weighted by atomic mass is 79.9. The summed E-state index contributed by atoms with van der Waals surface area (Å²) in [4.78, 5) is 0. The molecule has 0 unspecified atom stereocenters. The molecule has 41 heavy (non-hydrogen) atoms. The summed E-state index contributed by atoms with van der Waals surface area (Å²) < 4.78 is 14.3. The van der Waals surface area contributed by atoms with Gasteiger partial charge in [0.15, 0.2) is 0 Å². The Morgan fingerprint density at radius 2 is 1.07 bits per heavy atom. The van der Waals surface area contributed by atoms with Gasteiger partial charge in [-0.05, 0) is 60.1 Å². The van der Waals surface area contributed by atoms with E-state index in [0.717, 1.165) is 58.7 Å². The maximum absolute atomic E-state index is 6.59. The first-order valence-corrected chi connectivity index (χ1v) is 16.5. The van der Waals surface area contributed by atoms with Crippen LogP contribution in [0.25, 0.3) is 24.3 Å². The highest BCUT2D eigenvalue weighted by molar-refractivity contribution is 9.10. The Bertz CT molecular complexity index is 1200. The van der Waals surface area contributed by atoms with E-state index in [-0.39, 0.29) is 0 Å². The maximum Gasteiger partial charge on any atom is 0.127 e. The van der Waals surface area contributed by atoms with Crippen LogP contribution in [-0.4, -0.2) is 13.2 Å². The minimum Gasteiger partial charge on any atom is -0.493 e. The fourth-order valence-corrected chi connectivity index (χ4v) is 5.09. The fraction of sp³-hybridized carbons (Fsp3) is 0.421. The largest absolute Gasteiger partial charge is 0.493 e. The van der Waals surface area contributed by atoms with Gasteiger partial charge in [-0.1, -0.05) is 149 Å². The van der Waals surface area contributed by atoms with Gasteiger partial charge >= 0.3 is 0 Å². The molecule has 2 atom stereocenters. The molecule has 0 aliphatic rings. The van der Waals surface area contributed by atoms with Crippen molar-refractivity contribution in [3.05, 3.63) is 93.5 Å². The molecule has 3 rings (SSSR count). The van der Waals surface area contributed by atoms with Crippen molar-refractivity contribution in [2.24, 2.45) is 11.8 Å². The van der Waals surface area contributed by atoms with Crippen molar-refractivity contribution >= 4 is 40.2 Å². The van der Waals surface area contributed by atoms with Crippen molar-refractivity contribution in [2.45, 2.75) is 79.1 Å². The van der Waals surface area contributed by atoms with Crippen LogP contribution in [0.5, 0.6) is 11.5 Å². The van der Waals surface area contributed by atoms with E-state index < -0.39 is 0 Å². The molecule has 0 N–H and O–H groups in total. The average Bonchev–Trinajstić information content (AvgIpc) is 3.01. The summed E-state index contributed by atoms with van der Waals surface area (Å²) in [7, 11) is 0. The van der Waals surface area contributed by atoms with Gasteiger partial charge in [0, 0.05) is 15.6 Å². The van der Waals surface area contributed by atoms with Gasteiger partial charge in [0.2, 0.25) is 0 Å². The van der Waals surface area contributed by atoms with Crippen molar-refractivity contribution in [3.63, 3.8) is 0 Å². The molecular formula is C38H49BrO2. The van der Waals surface area contributed by atoms with Crippen molar-refractivity contribution < 1.29 is 9.47 Å². The zero-order chi connectivity index (χ0) is 29.3. The third-order valence-corrected chi connectivity index (χ3v) is 8.29. The second-order valence-electron chi connectivity index (χ2n) is 11.0. The first-order chi connectivity index (χ1) is 20.1. The van der Waals surface area contributed by atoms with Gasteiger partial charge in [-0.2, -0.15) is 0 Å². The molecule has 0 aromatic heterocycles. The van der Waals surface area contributed by atoms with E-state index in [4.69, 9.17) is 9.47 Å². The van der Waals surface area contributed by atoms with Gasteiger partial charge in [-0.3, -0.25) is 0 Å². The van der Waals surface area contributed by atoms with E-state index >= 15 is 0 Å². The van der Waals surface area contributed by atoms with Crippen molar-refractivity contribution in [1.82, 2.24) is 0 Å². The topological polar surface area (TPSA) is 18.5 Å². The lowest BCUT2D eigenvalue weighted by Gasteiger charge is -2.20. The fourth-order valence-electron chi connectivity index (χ4n) is 4.82. The van der Waals surface area contributed by atoms with E-state index in [0.29, 0.717) is 11.8 Å². The predicted molar refractivity (Wildman–Crippen MR) is 182 cm³/mol. The minimum atomic E-state index is 0.557. The number of hydrogen-bond donors (Lipinski definition) is 0. The summed E-state index contributed by atoms with van der Waals surface area (Å²) in [5.41, 5.74) is 4.41. The molecule has 0 amide bonds. The summed E-state index contributed by atoms with van der Waals surface area (Å²) in [6.45, 7) is 10.5. The molecule has 3 aromatic rings. The quantitative estimate of drug-likeness (QED) is 0.132. The third kappa shape index (κ3) is 11.6. The van der Waals surface area contributed by atoms with E-state index in [1.807, 2.05) is 6.07 Å². The van der Waals surface area contributed by atoms with Crippen LogP contribution < -0.4 is 9.47 Å². The van der Waals surface area contributed by atoms with Crippen molar-refractivity contribution in [1.29, 1.82) is 0 Å². The molecule has 3 aromatic carbocycles. The van der Waals surface area contributed by atoms with Crippen molar-refractivity contribution in [2.75, 3.05) is 13.2 Å². The molecule has 0 spiro atoms. The third-order valence-electron chi connectivity index (χ3n) is 7.76. The molecule has 0 aliphatic heterocycles. The van der Waals surface area contributed by atoms with Crippen LogP contribution in [0, 0.1) is 11.8 Å². The lowest BCUT2D eigenvalue weighted by Crippen LogP contribution is -2.13. The molecule has 0 fully saturated rings. The normalized spacial score (nSPS) is 13.1. The molecule has 3 heteroatoms. The maximum atomic E-state index is 6.59. The van der Waals surface area contributed by atoms with Gasteiger partial charge in [0.25, 0.3) is 0 Å². The number of benzene rings is 3. The number of unbranched alkanes of at least 4 members (excludes halogenated alkanes) is 2. The summed E-state index contributed by atoms with van der Waals surface area (Å²) in [5.74, 6) is 2.93. The first kappa shape index (κ1) is 32.7. The number of hydrogen-bond acceptors (Lipinski definition) is 2. The first-order valence-electron chi connectivity index (χ1n) is 15.7. The summed E-state index contributed by atoms with van der Waals surface area (Å²) >= 11 is 3.54. The van der Waals surface area contributed by atoms with Gasteiger partial charge < -0.3 is 9.47 Å². The lowest BCUT2D eigenvalue weighted by atomic mass is 10.00. The Morgan fingerprint density at radius 3 is 1.51 bits per heavy atom. The Hall–Kier alpha value is -2.78. The van der Waals surface area contributed by atoms with Crippen molar-refractivity contribution in [3.8, 4) is 11.5 Å². The summed E-state index contributed by atoms with van der Waals surface area (Å²) in [6, 6.07) is 23.2. The van der Waals surface area contributed by atoms with Crippen LogP contribution in [-0.2, 0) is 0 Å². The zero-order valence-corrected chi connectivity index (χ0v) is 27.2.